The number of carbonyl (C=O) groups excluding carboxylic acids is 4. The van der Waals surface area contributed by atoms with Crippen molar-refractivity contribution in [1.29, 1.82) is 0 Å². The molecule has 0 amide bonds. The van der Waals surface area contributed by atoms with Gasteiger partial charge in [0.1, 0.15) is 49.4 Å². The van der Waals surface area contributed by atoms with Crippen molar-refractivity contribution in [3.05, 3.63) is 168 Å². The monoisotopic (exact) mass is 1060 g/mol. The number of hydrogen-bond acceptors (Lipinski definition) is 12. The van der Waals surface area contributed by atoms with Gasteiger partial charge in [-0.2, -0.15) is 0 Å². The maximum absolute atomic E-state index is 12.0. The Morgan fingerprint density at radius 3 is 0.936 bits per heavy atom. The van der Waals surface area contributed by atoms with Crippen LogP contribution < -0.4 is 0 Å². The molecule has 0 radical (unpaired) electrons. The highest BCUT2D eigenvalue weighted by Crippen LogP contribution is 2.32. The van der Waals surface area contributed by atoms with Crippen molar-refractivity contribution in [2.24, 2.45) is 22.7 Å². The number of hydrogen-bond donors (Lipinski definition) is 4. The van der Waals surface area contributed by atoms with Crippen LogP contribution in [-0.4, -0.2) is 44.3 Å². The molecular weight excluding hydrogens is 985 g/mol. The summed E-state index contributed by atoms with van der Waals surface area (Å²) in [5.41, 5.74) is 2.69. The summed E-state index contributed by atoms with van der Waals surface area (Å²) in [7, 11) is 0. The normalized spacial score (nSPS) is 11.9. The minimum atomic E-state index is -0.466. The summed E-state index contributed by atoms with van der Waals surface area (Å²) in [4.78, 5) is 47.4. The molecule has 4 N–H and O–H groups in total. The summed E-state index contributed by atoms with van der Waals surface area (Å²) in [6, 6.07) is 43.9. The largest absolute Gasteiger partial charge is 0.507 e. The van der Waals surface area contributed by atoms with Crippen LogP contribution in [0.25, 0.3) is 43.1 Å². The van der Waals surface area contributed by atoms with Crippen LogP contribution in [-0.2, 0) is 64.6 Å². The predicted molar refractivity (Wildman–Crippen MR) is 309 cm³/mol. The van der Waals surface area contributed by atoms with Gasteiger partial charge >= 0.3 is 23.9 Å². The maximum atomic E-state index is 12.0. The van der Waals surface area contributed by atoms with Crippen LogP contribution in [0.5, 0.6) is 23.0 Å². The second-order valence-corrected chi connectivity index (χ2v) is 20.6. The average Bonchev–Trinajstić information content (AvgIpc) is 3.46. The number of ether oxygens (including phenoxy) is 4. The van der Waals surface area contributed by atoms with Gasteiger partial charge in [0.15, 0.2) is 0 Å². The highest BCUT2D eigenvalue weighted by molar-refractivity contribution is 5.93. The third kappa shape index (κ3) is 16.0. The molecule has 12 heteroatoms. The Balaban J connectivity index is 0.000000192. The van der Waals surface area contributed by atoms with Gasteiger partial charge in [-0.15, -0.1) is 0 Å². The summed E-state index contributed by atoms with van der Waals surface area (Å²) in [5.74, 6) is 0.0507. The molecule has 8 rings (SSSR count). The molecule has 0 heterocycles. The van der Waals surface area contributed by atoms with Gasteiger partial charge in [0.25, 0.3) is 0 Å². The van der Waals surface area contributed by atoms with Crippen molar-refractivity contribution < 1.29 is 58.6 Å². The molecule has 412 valence electrons. The fourth-order valence-electron chi connectivity index (χ4n) is 7.79. The van der Waals surface area contributed by atoms with Gasteiger partial charge in [-0.05, 0) is 121 Å². The van der Waals surface area contributed by atoms with Gasteiger partial charge in [0, 0.05) is 21.5 Å². The highest BCUT2D eigenvalue weighted by atomic mass is 16.5. The number of aromatic hydroxyl groups is 4. The number of fused-ring (bicyclic) bond motifs is 4. The van der Waals surface area contributed by atoms with Gasteiger partial charge < -0.3 is 39.4 Å². The van der Waals surface area contributed by atoms with E-state index in [2.05, 4.69) is 0 Å². The molecule has 78 heavy (non-hydrogen) atoms. The number of phenolic OH excluding ortho intramolecular Hbond substituents is 4. The number of phenols is 4. The third-order valence-corrected chi connectivity index (χ3v) is 14.3. The second-order valence-electron chi connectivity index (χ2n) is 20.6. The van der Waals surface area contributed by atoms with E-state index >= 15 is 0 Å². The van der Waals surface area contributed by atoms with Crippen molar-refractivity contribution >= 4 is 67.0 Å². The topological polar surface area (TPSA) is 186 Å². The predicted octanol–water partition coefficient (Wildman–Crippen LogP) is 15.3. The molecule has 12 nitrogen and oxygen atoms in total. The summed E-state index contributed by atoms with van der Waals surface area (Å²) in [6.07, 6.45) is 3.02. The van der Waals surface area contributed by atoms with E-state index in [0.717, 1.165) is 91.0 Å². The molecule has 0 aromatic heterocycles. The van der Waals surface area contributed by atoms with E-state index in [1.54, 1.807) is 48.5 Å². The number of esters is 4. The second kappa shape index (κ2) is 28.3. The van der Waals surface area contributed by atoms with E-state index in [0.29, 0.717) is 0 Å². The van der Waals surface area contributed by atoms with Crippen LogP contribution in [0.1, 0.15) is 117 Å². The molecule has 0 aliphatic carbocycles. The SMILES string of the molecule is CCC(C)(C)C(=O)OCc1ccc(O)c2ccccc12.CCC(C)(C)C(=O)OCc1cccc2c(O)cccc12.CCC(C)C(=O)OCc1ccc(O)c2ccccc12.CCC(C)C(=O)OCc1cccc2c(O)cccc12. The fourth-order valence-corrected chi connectivity index (χ4v) is 7.79. The van der Waals surface area contributed by atoms with E-state index in [-0.39, 0.29) is 85.1 Å². The third-order valence-electron chi connectivity index (χ3n) is 14.3. The van der Waals surface area contributed by atoms with E-state index in [1.165, 1.54) is 0 Å². The molecule has 0 saturated heterocycles. The molecule has 0 aliphatic heterocycles. The lowest BCUT2D eigenvalue weighted by Crippen LogP contribution is -2.25. The van der Waals surface area contributed by atoms with Gasteiger partial charge in [0.2, 0.25) is 0 Å². The van der Waals surface area contributed by atoms with Gasteiger partial charge in [0.05, 0.1) is 22.7 Å². The highest BCUT2D eigenvalue weighted by Gasteiger charge is 2.28. The molecule has 2 atom stereocenters. The molecule has 8 aromatic rings. The Labute approximate surface area is 458 Å². The zero-order valence-corrected chi connectivity index (χ0v) is 46.7. The van der Waals surface area contributed by atoms with E-state index in [1.807, 2.05) is 166 Å². The molecule has 8 aromatic carbocycles. The number of carbonyl (C=O) groups is 4. The van der Waals surface area contributed by atoms with E-state index in [4.69, 9.17) is 18.9 Å². The fraction of sp³-hybridized carbons (Fsp3) is 0.333. The van der Waals surface area contributed by atoms with Crippen molar-refractivity contribution in [2.75, 3.05) is 0 Å². The standard InChI is InChI=1S/2C17H20O3.2C16H18O3/c1-4-17(2,3)16(19)20-11-12-7-5-9-14-13(12)8-6-10-15(14)18;1-4-17(2,3)16(19)20-11-12-9-10-15(18)14-8-6-5-7-13(12)14;1-3-11(2)16(18)19-10-12-6-4-8-14-13(12)7-5-9-15(14)17;1-3-11(2)16(18)19-10-12-8-9-15(17)14-7-5-4-6-13(12)14/h2*5-10,18H,4,11H2,1-3H3;2*4-9,11,17H,3,10H2,1-2H3. The first kappa shape index (κ1) is 60.7. The molecule has 0 spiro atoms. The summed E-state index contributed by atoms with van der Waals surface area (Å²) in [5, 5.41) is 46.0. The van der Waals surface area contributed by atoms with E-state index in [9.17, 15) is 39.6 Å². The minimum absolute atomic E-state index is 0.0802. The quantitative estimate of drug-likeness (QED) is 0.0531. The van der Waals surface area contributed by atoms with Crippen molar-refractivity contribution in [1.82, 2.24) is 0 Å². The Morgan fingerprint density at radius 1 is 0.359 bits per heavy atom. The van der Waals surface area contributed by atoms with E-state index < -0.39 is 10.8 Å². The maximum Gasteiger partial charge on any atom is 0.311 e. The van der Waals surface area contributed by atoms with Crippen LogP contribution in [0.15, 0.2) is 146 Å². The number of rotatable bonds is 16. The first-order chi connectivity index (χ1) is 37.2. The van der Waals surface area contributed by atoms with Crippen molar-refractivity contribution in [3.63, 3.8) is 0 Å². The van der Waals surface area contributed by atoms with Crippen LogP contribution in [0.4, 0.5) is 0 Å². The smallest absolute Gasteiger partial charge is 0.311 e. The average molecular weight is 1060 g/mol. The van der Waals surface area contributed by atoms with Crippen LogP contribution in [0.2, 0.25) is 0 Å². The summed E-state index contributed by atoms with van der Waals surface area (Å²) in [6.45, 7) is 20.0. The first-order valence-corrected chi connectivity index (χ1v) is 26.6. The molecule has 0 aliphatic rings. The van der Waals surface area contributed by atoms with Crippen LogP contribution in [0.3, 0.4) is 0 Å². The Kier molecular flexibility index (Phi) is 22.0. The van der Waals surface area contributed by atoms with Crippen molar-refractivity contribution in [3.8, 4) is 23.0 Å². The van der Waals surface area contributed by atoms with Crippen LogP contribution in [0, 0.1) is 22.7 Å². The zero-order valence-electron chi connectivity index (χ0n) is 46.7. The Bertz CT molecular complexity index is 3190. The molecule has 0 bridgehead atoms. The lowest BCUT2D eigenvalue weighted by Gasteiger charge is -2.20. The van der Waals surface area contributed by atoms with Gasteiger partial charge in [-0.1, -0.05) is 163 Å². The van der Waals surface area contributed by atoms with Crippen molar-refractivity contribution in [2.45, 2.75) is 121 Å². The van der Waals surface area contributed by atoms with Gasteiger partial charge in [-0.25, -0.2) is 0 Å². The molecular formula is C66H76O12. The summed E-state index contributed by atoms with van der Waals surface area (Å²) >= 11 is 0. The Morgan fingerprint density at radius 2 is 0.615 bits per heavy atom. The molecule has 0 fully saturated rings. The first-order valence-electron chi connectivity index (χ1n) is 26.6. The zero-order chi connectivity index (χ0) is 57.2. The number of benzene rings is 8. The van der Waals surface area contributed by atoms with Gasteiger partial charge in [-0.3, -0.25) is 19.2 Å². The molecule has 0 saturated carbocycles. The Hall–Kier alpha value is -8.12. The van der Waals surface area contributed by atoms with Crippen LogP contribution >= 0.6 is 0 Å². The lowest BCUT2D eigenvalue weighted by atomic mass is 9.91. The summed E-state index contributed by atoms with van der Waals surface area (Å²) < 4.78 is 21.4. The molecule has 2 unspecified atom stereocenters. The minimum Gasteiger partial charge on any atom is -0.507 e. The lowest BCUT2D eigenvalue weighted by molar-refractivity contribution is -0.156.